The Morgan fingerprint density at radius 2 is 0.860 bits per heavy atom. The second-order valence-electron chi connectivity index (χ2n) is 15.6. The molecule has 2 heterocycles. The van der Waals surface area contributed by atoms with E-state index in [0.717, 1.165) is 91.7 Å². The lowest BCUT2D eigenvalue weighted by Gasteiger charge is -2.26. The zero-order valence-electron chi connectivity index (χ0n) is 34.1. The molecule has 2 fully saturated rings. The summed E-state index contributed by atoms with van der Waals surface area (Å²) in [7, 11) is 0. The number of rotatable bonds is 17. The van der Waals surface area contributed by atoms with Crippen LogP contribution in [0.4, 0.5) is 0 Å². The SMILES string of the molecule is CCCCOc1ccc2c(c1OCCCN1CCCCC1)C(=O)c1ccccc1-2.CCCCOc1ccc2c(c1OCCN1CCCCC1)C(=O)c1ccccc1-2. The van der Waals surface area contributed by atoms with Gasteiger partial charge in [0.15, 0.2) is 34.6 Å². The van der Waals surface area contributed by atoms with Gasteiger partial charge >= 0.3 is 0 Å². The van der Waals surface area contributed by atoms with E-state index in [-0.39, 0.29) is 11.6 Å². The van der Waals surface area contributed by atoms with Gasteiger partial charge in [0.05, 0.1) is 30.9 Å². The highest BCUT2D eigenvalue weighted by atomic mass is 16.5. The van der Waals surface area contributed by atoms with E-state index in [1.165, 1.54) is 51.6 Å². The number of benzene rings is 4. The van der Waals surface area contributed by atoms with Crippen molar-refractivity contribution in [3.8, 4) is 45.3 Å². The molecule has 0 spiro atoms. The van der Waals surface area contributed by atoms with Gasteiger partial charge in [-0.3, -0.25) is 14.5 Å². The number of likely N-dealkylation sites (tertiary alicyclic amines) is 2. The summed E-state index contributed by atoms with van der Waals surface area (Å²) in [5.41, 5.74) is 6.73. The fourth-order valence-electron chi connectivity index (χ4n) is 8.40. The summed E-state index contributed by atoms with van der Waals surface area (Å²) < 4.78 is 24.5. The van der Waals surface area contributed by atoms with Crippen LogP contribution in [0.2, 0.25) is 0 Å². The van der Waals surface area contributed by atoms with E-state index in [9.17, 15) is 9.59 Å². The average Bonchev–Trinajstić information content (AvgIpc) is 3.71. The number of nitrogens with zero attached hydrogens (tertiary/aromatic N) is 2. The molecule has 0 saturated carbocycles. The third-order valence-electron chi connectivity index (χ3n) is 11.5. The lowest BCUT2D eigenvalue weighted by Crippen LogP contribution is -2.33. The Labute approximate surface area is 339 Å². The molecule has 8 rings (SSSR count). The van der Waals surface area contributed by atoms with Crippen molar-refractivity contribution in [1.82, 2.24) is 9.80 Å². The van der Waals surface area contributed by atoms with Crippen molar-refractivity contribution in [3.63, 3.8) is 0 Å². The van der Waals surface area contributed by atoms with E-state index in [4.69, 9.17) is 18.9 Å². The van der Waals surface area contributed by atoms with Gasteiger partial charge in [0, 0.05) is 24.2 Å². The van der Waals surface area contributed by atoms with Gasteiger partial charge in [0.2, 0.25) is 0 Å². The first-order valence-electron chi connectivity index (χ1n) is 21.7. The van der Waals surface area contributed by atoms with E-state index in [1.54, 1.807) is 0 Å². The van der Waals surface area contributed by atoms with Gasteiger partial charge in [0.1, 0.15) is 6.61 Å². The molecule has 0 atom stereocenters. The minimum atomic E-state index is 0.0412. The number of ether oxygens (including phenoxy) is 4. The fraction of sp³-hybridized carbons (Fsp3) is 0.469. The molecule has 0 unspecified atom stereocenters. The molecule has 8 nitrogen and oxygen atoms in total. The standard InChI is InChI=1S/C25H31NO3.C24H29NO3/c1-2-3-17-28-22-13-12-20-19-10-5-6-11-21(19)24(27)23(20)25(22)29-18-9-16-26-14-7-4-8-15-26;1-2-3-16-27-21-12-11-19-18-9-5-6-10-20(18)23(26)22(19)24(21)28-17-15-25-13-7-4-8-14-25/h5-6,10-13H,2-4,7-9,14-18H2,1H3;5-6,9-12H,2-4,7-8,13-17H2,1H3. The lowest BCUT2D eigenvalue weighted by molar-refractivity contribution is 0.102. The molecule has 2 aliphatic heterocycles. The van der Waals surface area contributed by atoms with Crippen molar-refractivity contribution < 1.29 is 28.5 Å². The molecule has 302 valence electrons. The highest BCUT2D eigenvalue weighted by Crippen LogP contribution is 2.47. The summed E-state index contributed by atoms with van der Waals surface area (Å²) in [6.07, 6.45) is 12.9. The van der Waals surface area contributed by atoms with E-state index in [1.807, 2.05) is 72.8 Å². The topological polar surface area (TPSA) is 77.5 Å². The summed E-state index contributed by atoms with van der Waals surface area (Å²) in [5, 5.41) is 0. The Morgan fingerprint density at radius 3 is 1.33 bits per heavy atom. The van der Waals surface area contributed by atoms with Gasteiger partial charge < -0.3 is 23.8 Å². The molecule has 0 radical (unpaired) electrons. The Balaban J connectivity index is 0.000000174. The van der Waals surface area contributed by atoms with Gasteiger partial charge in [-0.25, -0.2) is 0 Å². The molecular formula is C49H60N2O6. The van der Waals surface area contributed by atoms with Crippen LogP contribution in [0.15, 0.2) is 72.8 Å². The van der Waals surface area contributed by atoms with Crippen molar-refractivity contribution in [2.45, 2.75) is 84.5 Å². The number of ketones is 2. The zero-order chi connectivity index (χ0) is 39.4. The Hall–Kier alpha value is -4.66. The van der Waals surface area contributed by atoms with Crippen molar-refractivity contribution in [2.75, 3.05) is 65.7 Å². The first-order valence-corrected chi connectivity index (χ1v) is 21.7. The molecule has 0 amide bonds. The minimum Gasteiger partial charge on any atom is -0.490 e. The fourth-order valence-corrected chi connectivity index (χ4v) is 8.40. The quantitative estimate of drug-likeness (QED) is 0.0849. The molecule has 8 heteroatoms. The first-order chi connectivity index (χ1) is 28.1. The number of piperidine rings is 2. The molecule has 4 aliphatic rings. The highest BCUT2D eigenvalue weighted by molar-refractivity contribution is 6.24. The third-order valence-corrected chi connectivity index (χ3v) is 11.5. The third kappa shape index (κ3) is 9.56. The summed E-state index contributed by atoms with van der Waals surface area (Å²) in [6.45, 7) is 13.3. The normalized spacial score (nSPS) is 15.9. The van der Waals surface area contributed by atoms with Gasteiger partial charge in [-0.05, 0) is 118 Å². The van der Waals surface area contributed by atoms with Crippen LogP contribution in [0.3, 0.4) is 0 Å². The Morgan fingerprint density at radius 1 is 0.439 bits per heavy atom. The highest BCUT2D eigenvalue weighted by Gasteiger charge is 2.33. The Bertz CT molecular complexity index is 1980. The number of hydrogen-bond donors (Lipinski definition) is 0. The van der Waals surface area contributed by atoms with Crippen LogP contribution in [0.25, 0.3) is 22.3 Å². The number of unbranched alkanes of at least 4 members (excludes halogenated alkanes) is 2. The number of carbonyl (C=O) groups excluding carboxylic acids is 2. The molecule has 4 aromatic rings. The van der Waals surface area contributed by atoms with E-state index in [0.29, 0.717) is 60.6 Å². The van der Waals surface area contributed by atoms with Crippen LogP contribution >= 0.6 is 0 Å². The molecule has 0 N–H and O–H groups in total. The van der Waals surface area contributed by atoms with Crippen LogP contribution in [0.1, 0.15) is 116 Å². The van der Waals surface area contributed by atoms with Gasteiger partial charge in [-0.15, -0.1) is 0 Å². The van der Waals surface area contributed by atoms with Crippen LogP contribution in [-0.4, -0.2) is 87.1 Å². The lowest BCUT2D eigenvalue weighted by atomic mass is 10.0. The number of hydrogen-bond acceptors (Lipinski definition) is 8. The monoisotopic (exact) mass is 772 g/mol. The summed E-state index contributed by atoms with van der Waals surface area (Å²) >= 11 is 0. The molecule has 2 aliphatic carbocycles. The maximum absolute atomic E-state index is 13.1. The molecule has 0 bridgehead atoms. The summed E-state index contributed by atoms with van der Waals surface area (Å²) in [6, 6.07) is 23.5. The van der Waals surface area contributed by atoms with E-state index < -0.39 is 0 Å². The van der Waals surface area contributed by atoms with Crippen molar-refractivity contribution in [3.05, 3.63) is 95.1 Å². The predicted octanol–water partition coefficient (Wildman–Crippen LogP) is 10.3. The van der Waals surface area contributed by atoms with Crippen LogP contribution in [-0.2, 0) is 0 Å². The van der Waals surface area contributed by atoms with E-state index in [2.05, 4.69) is 23.6 Å². The number of carbonyl (C=O) groups is 2. The first kappa shape index (κ1) is 40.5. The second-order valence-corrected chi connectivity index (χ2v) is 15.6. The zero-order valence-corrected chi connectivity index (χ0v) is 34.1. The Kier molecular flexibility index (Phi) is 14.3. The molecule has 4 aromatic carbocycles. The van der Waals surface area contributed by atoms with Gasteiger partial charge in [-0.1, -0.05) is 88.1 Å². The summed E-state index contributed by atoms with van der Waals surface area (Å²) in [4.78, 5) is 31.2. The van der Waals surface area contributed by atoms with Crippen molar-refractivity contribution in [2.24, 2.45) is 0 Å². The summed E-state index contributed by atoms with van der Waals surface area (Å²) in [5.74, 6) is 2.70. The predicted molar refractivity (Wildman–Crippen MR) is 228 cm³/mol. The van der Waals surface area contributed by atoms with Gasteiger partial charge in [-0.2, -0.15) is 0 Å². The average molecular weight is 773 g/mol. The minimum absolute atomic E-state index is 0.0412. The molecule has 2 saturated heterocycles. The van der Waals surface area contributed by atoms with Crippen LogP contribution in [0.5, 0.6) is 23.0 Å². The maximum Gasteiger partial charge on any atom is 0.198 e. The smallest absolute Gasteiger partial charge is 0.198 e. The van der Waals surface area contributed by atoms with Crippen molar-refractivity contribution in [1.29, 1.82) is 0 Å². The largest absolute Gasteiger partial charge is 0.490 e. The molecule has 57 heavy (non-hydrogen) atoms. The van der Waals surface area contributed by atoms with Crippen molar-refractivity contribution >= 4 is 11.6 Å². The van der Waals surface area contributed by atoms with Crippen LogP contribution < -0.4 is 18.9 Å². The van der Waals surface area contributed by atoms with E-state index >= 15 is 0 Å². The molecular weight excluding hydrogens is 713 g/mol. The molecule has 0 aromatic heterocycles. The van der Waals surface area contributed by atoms with Gasteiger partial charge in [0.25, 0.3) is 0 Å². The second kappa shape index (κ2) is 20.2. The number of fused-ring (bicyclic) bond motifs is 6. The van der Waals surface area contributed by atoms with Crippen LogP contribution in [0, 0.1) is 0 Å². The maximum atomic E-state index is 13.1.